The zero-order chi connectivity index (χ0) is 19.3. The second-order valence-corrected chi connectivity index (χ2v) is 8.28. The maximum absolute atomic E-state index is 13.4. The highest BCUT2D eigenvalue weighted by molar-refractivity contribution is 5.77. The standard InChI is InChI=1S/C24H31N3O/c1-26-18-14-21(20-7-3-2-4-8-20)24-22(26)9-5-6-17-27(24)23(28)11-10-19-12-15-25-16-13-19/h2-4,7-8,12-13,15-16,21-22,24H,5-6,9-11,14,17-18H2,1H3/t21-,22-,24-/m1/s1. The SMILES string of the molecule is CN1CC[C@H](c2ccccc2)[C@@H]2[C@H]1CCCCN2C(=O)CCc1ccncc1. The molecule has 0 aliphatic carbocycles. The van der Waals surface area contributed by atoms with E-state index in [1.165, 1.54) is 24.0 Å². The number of amides is 1. The lowest BCUT2D eigenvalue weighted by atomic mass is 9.79. The van der Waals surface area contributed by atoms with E-state index < -0.39 is 0 Å². The van der Waals surface area contributed by atoms with Crippen LogP contribution in [0.15, 0.2) is 54.9 Å². The number of nitrogens with zero attached hydrogens (tertiary/aromatic N) is 3. The molecule has 0 N–H and O–H groups in total. The quantitative estimate of drug-likeness (QED) is 0.811. The summed E-state index contributed by atoms with van der Waals surface area (Å²) in [7, 11) is 2.24. The van der Waals surface area contributed by atoms with E-state index in [4.69, 9.17) is 0 Å². The molecule has 0 unspecified atom stereocenters. The van der Waals surface area contributed by atoms with Crippen molar-refractivity contribution in [3.05, 3.63) is 66.0 Å². The summed E-state index contributed by atoms with van der Waals surface area (Å²) < 4.78 is 0. The minimum atomic E-state index is 0.286. The summed E-state index contributed by atoms with van der Waals surface area (Å²) in [4.78, 5) is 22.2. The maximum atomic E-state index is 13.4. The lowest BCUT2D eigenvalue weighted by Gasteiger charge is -2.48. The van der Waals surface area contributed by atoms with Gasteiger partial charge in [0.25, 0.3) is 0 Å². The van der Waals surface area contributed by atoms with Crippen molar-refractivity contribution in [3.8, 4) is 0 Å². The van der Waals surface area contributed by atoms with Crippen LogP contribution in [0.3, 0.4) is 0 Å². The highest BCUT2D eigenvalue weighted by Gasteiger charge is 2.43. The van der Waals surface area contributed by atoms with Gasteiger partial charge in [0, 0.05) is 37.3 Å². The van der Waals surface area contributed by atoms with Gasteiger partial charge in [0.2, 0.25) is 5.91 Å². The van der Waals surface area contributed by atoms with Gasteiger partial charge in [0.1, 0.15) is 0 Å². The number of hydrogen-bond acceptors (Lipinski definition) is 3. The second kappa shape index (κ2) is 8.87. The van der Waals surface area contributed by atoms with Crippen LogP contribution in [0.4, 0.5) is 0 Å². The first-order valence-electron chi connectivity index (χ1n) is 10.7. The Morgan fingerprint density at radius 1 is 1.04 bits per heavy atom. The van der Waals surface area contributed by atoms with Crippen molar-refractivity contribution in [3.63, 3.8) is 0 Å². The summed E-state index contributed by atoms with van der Waals surface area (Å²) in [6, 6.07) is 15.6. The Labute approximate surface area is 168 Å². The molecule has 1 amide bonds. The fourth-order valence-electron chi connectivity index (χ4n) is 5.11. The molecule has 0 spiro atoms. The highest BCUT2D eigenvalue weighted by atomic mass is 16.2. The molecule has 0 radical (unpaired) electrons. The molecule has 2 aliphatic rings. The Bertz CT molecular complexity index is 764. The van der Waals surface area contributed by atoms with E-state index in [0.29, 0.717) is 24.3 Å². The van der Waals surface area contributed by atoms with Crippen LogP contribution >= 0.6 is 0 Å². The smallest absolute Gasteiger partial charge is 0.223 e. The van der Waals surface area contributed by atoms with Crippen molar-refractivity contribution < 1.29 is 4.79 Å². The third kappa shape index (κ3) is 4.12. The molecule has 1 aromatic carbocycles. The lowest BCUT2D eigenvalue weighted by molar-refractivity contribution is -0.136. The maximum Gasteiger partial charge on any atom is 0.223 e. The van der Waals surface area contributed by atoms with Crippen molar-refractivity contribution in [2.75, 3.05) is 20.1 Å². The van der Waals surface area contributed by atoms with E-state index in [1.54, 1.807) is 0 Å². The molecule has 3 atom stereocenters. The highest BCUT2D eigenvalue weighted by Crippen LogP contribution is 2.38. The van der Waals surface area contributed by atoms with E-state index in [0.717, 1.165) is 32.4 Å². The molecule has 4 nitrogen and oxygen atoms in total. The fraction of sp³-hybridized carbons (Fsp3) is 0.500. The number of aryl methyl sites for hydroxylation is 1. The average Bonchev–Trinajstić information content (AvgIpc) is 2.98. The van der Waals surface area contributed by atoms with Gasteiger partial charge in [0.05, 0.1) is 6.04 Å². The summed E-state index contributed by atoms with van der Waals surface area (Å²) in [5.41, 5.74) is 2.58. The zero-order valence-electron chi connectivity index (χ0n) is 16.8. The summed E-state index contributed by atoms with van der Waals surface area (Å²) in [6.45, 7) is 2.01. The minimum Gasteiger partial charge on any atom is -0.338 e. The van der Waals surface area contributed by atoms with Gasteiger partial charge in [-0.2, -0.15) is 0 Å². The average molecular weight is 378 g/mol. The third-order valence-electron chi connectivity index (χ3n) is 6.60. The Hall–Kier alpha value is -2.20. The molecule has 4 heteroatoms. The van der Waals surface area contributed by atoms with Crippen molar-refractivity contribution >= 4 is 5.91 Å². The van der Waals surface area contributed by atoms with Crippen LogP contribution in [0.2, 0.25) is 0 Å². The lowest BCUT2D eigenvalue weighted by Crippen LogP contribution is -2.58. The molecule has 28 heavy (non-hydrogen) atoms. The van der Waals surface area contributed by atoms with Crippen molar-refractivity contribution in [1.82, 2.24) is 14.8 Å². The number of benzene rings is 1. The molecule has 0 bridgehead atoms. The van der Waals surface area contributed by atoms with Crippen LogP contribution in [0.25, 0.3) is 0 Å². The topological polar surface area (TPSA) is 36.4 Å². The van der Waals surface area contributed by atoms with E-state index in [9.17, 15) is 4.79 Å². The van der Waals surface area contributed by atoms with Gasteiger partial charge in [-0.1, -0.05) is 36.8 Å². The van der Waals surface area contributed by atoms with Crippen LogP contribution in [-0.2, 0) is 11.2 Å². The van der Waals surface area contributed by atoms with E-state index in [1.807, 2.05) is 24.5 Å². The first-order chi connectivity index (χ1) is 13.7. The Kier molecular flexibility index (Phi) is 6.06. The van der Waals surface area contributed by atoms with Crippen molar-refractivity contribution in [2.45, 2.75) is 56.5 Å². The Morgan fingerprint density at radius 3 is 2.61 bits per heavy atom. The summed E-state index contributed by atoms with van der Waals surface area (Å²) in [6.07, 6.45) is 9.63. The summed E-state index contributed by atoms with van der Waals surface area (Å²) in [5, 5.41) is 0. The first kappa shape index (κ1) is 19.1. The van der Waals surface area contributed by atoms with Gasteiger partial charge in [-0.15, -0.1) is 0 Å². The van der Waals surface area contributed by atoms with Crippen LogP contribution in [0, 0.1) is 0 Å². The molecule has 1 aromatic heterocycles. The van der Waals surface area contributed by atoms with Crippen LogP contribution < -0.4 is 0 Å². The number of pyridine rings is 1. The summed E-state index contributed by atoms with van der Waals surface area (Å²) >= 11 is 0. The molecular weight excluding hydrogens is 346 g/mol. The number of fused-ring (bicyclic) bond motifs is 1. The number of carbonyl (C=O) groups is 1. The normalized spacial score (nSPS) is 25.8. The Balaban J connectivity index is 1.57. The molecular formula is C24H31N3O. The van der Waals surface area contributed by atoms with Crippen LogP contribution in [0.1, 0.15) is 49.1 Å². The van der Waals surface area contributed by atoms with Gasteiger partial charge in [-0.3, -0.25) is 9.78 Å². The number of rotatable bonds is 4. The van der Waals surface area contributed by atoms with E-state index >= 15 is 0 Å². The van der Waals surface area contributed by atoms with Gasteiger partial charge < -0.3 is 9.80 Å². The minimum absolute atomic E-state index is 0.286. The molecule has 3 heterocycles. The van der Waals surface area contributed by atoms with Gasteiger partial charge in [0.15, 0.2) is 0 Å². The summed E-state index contributed by atoms with van der Waals surface area (Å²) in [5.74, 6) is 0.746. The molecule has 148 valence electrons. The molecule has 0 saturated carbocycles. The predicted octanol–water partition coefficient (Wildman–Crippen LogP) is 3.88. The Morgan fingerprint density at radius 2 is 1.82 bits per heavy atom. The van der Waals surface area contributed by atoms with Crippen LogP contribution in [0.5, 0.6) is 0 Å². The second-order valence-electron chi connectivity index (χ2n) is 8.28. The molecule has 2 aromatic rings. The molecule has 2 saturated heterocycles. The predicted molar refractivity (Wildman–Crippen MR) is 112 cm³/mol. The first-order valence-corrected chi connectivity index (χ1v) is 10.7. The molecule has 2 fully saturated rings. The fourth-order valence-corrected chi connectivity index (χ4v) is 5.11. The van der Waals surface area contributed by atoms with Gasteiger partial charge in [-0.05, 0) is 62.5 Å². The zero-order valence-corrected chi connectivity index (χ0v) is 16.8. The third-order valence-corrected chi connectivity index (χ3v) is 6.60. The number of likely N-dealkylation sites (tertiary alicyclic amines) is 2. The van der Waals surface area contributed by atoms with E-state index in [2.05, 4.69) is 52.2 Å². The van der Waals surface area contributed by atoms with Gasteiger partial charge in [-0.25, -0.2) is 0 Å². The van der Waals surface area contributed by atoms with Gasteiger partial charge >= 0.3 is 0 Å². The molecule has 2 aliphatic heterocycles. The number of piperidine rings is 1. The number of aromatic nitrogens is 1. The van der Waals surface area contributed by atoms with E-state index in [-0.39, 0.29) is 6.04 Å². The van der Waals surface area contributed by atoms with Crippen molar-refractivity contribution in [1.29, 1.82) is 0 Å². The number of hydrogen-bond donors (Lipinski definition) is 0. The van der Waals surface area contributed by atoms with Crippen LogP contribution in [-0.4, -0.2) is 52.9 Å². The monoisotopic (exact) mass is 377 g/mol. The largest absolute Gasteiger partial charge is 0.338 e. The number of likely N-dealkylation sites (N-methyl/N-ethyl adjacent to an activating group) is 1. The van der Waals surface area contributed by atoms with Crippen molar-refractivity contribution in [2.24, 2.45) is 0 Å². The number of carbonyl (C=O) groups excluding carboxylic acids is 1. The molecule has 4 rings (SSSR count).